The maximum absolute atomic E-state index is 9.59. The lowest BCUT2D eigenvalue weighted by Crippen LogP contribution is -2.37. The molecule has 2 N–H and O–H groups in total. The van der Waals surface area contributed by atoms with Crippen molar-refractivity contribution < 1.29 is 5.11 Å². The van der Waals surface area contributed by atoms with Crippen LogP contribution in [0.1, 0.15) is 51.3 Å². The van der Waals surface area contributed by atoms with Gasteiger partial charge in [-0.2, -0.15) is 0 Å². The lowest BCUT2D eigenvalue weighted by molar-refractivity contribution is 0.255. The summed E-state index contributed by atoms with van der Waals surface area (Å²) in [4.78, 5) is 6.91. The third-order valence-electron chi connectivity index (χ3n) is 4.14. The maximum Gasteiger partial charge on any atom is 0.0635 e. The highest BCUT2D eigenvalue weighted by Gasteiger charge is 2.20. The molecule has 1 saturated heterocycles. The summed E-state index contributed by atoms with van der Waals surface area (Å²) in [6.07, 6.45) is 6.70. The Balaban J connectivity index is 2.11. The van der Waals surface area contributed by atoms with E-state index in [1.807, 2.05) is 6.20 Å². The van der Waals surface area contributed by atoms with Crippen LogP contribution in [0.15, 0.2) is 18.3 Å². The predicted octanol–water partition coefficient (Wildman–Crippen LogP) is 2.49. The van der Waals surface area contributed by atoms with Gasteiger partial charge in [-0.25, -0.2) is 0 Å². The van der Waals surface area contributed by atoms with Crippen LogP contribution in [0.3, 0.4) is 0 Å². The van der Waals surface area contributed by atoms with Gasteiger partial charge in [-0.1, -0.05) is 19.8 Å². The Labute approximate surface area is 122 Å². The topological polar surface area (TPSA) is 48.4 Å². The largest absolute Gasteiger partial charge is 0.394 e. The number of aliphatic hydroxyl groups is 1. The van der Waals surface area contributed by atoms with Crippen molar-refractivity contribution in [1.82, 2.24) is 10.3 Å². The number of aliphatic hydroxyl groups excluding tert-OH is 1. The minimum Gasteiger partial charge on any atom is -0.394 e. The summed E-state index contributed by atoms with van der Waals surface area (Å²) in [7, 11) is 0. The molecule has 2 heterocycles. The van der Waals surface area contributed by atoms with E-state index in [0.29, 0.717) is 0 Å². The molecular weight excluding hydrogens is 250 g/mol. The Morgan fingerprint density at radius 2 is 2.25 bits per heavy atom. The van der Waals surface area contributed by atoms with E-state index >= 15 is 0 Å². The van der Waals surface area contributed by atoms with E-state index in [-0.39, 0.29) is 18.7 Å². The molecule has 2 unspecified atom stereocenters. The van der Waals surface area contributed by atoms with Gasteiger partial charge in [0.25, 0.3) is 0 Å². The van der Waals surface area contributed by atoms with Gasteiger partial charge < -0.3 is 15.3 Å². The monoisotopic (exact) mass is 277 g/mol. The number of nitrogens with one attached hydrogen (secondary N) is 1. The fourth-order valence-electron chi connectivity index (χ4n) is 2.94. The molecule has 1 fully saturated rings. The number of hydrogen-bond donors (Lipinski definition) is 2. The van der Waals surface area contributed by atoms with E-state index in [9.17, 15) is 5.11 Å². The number of hydrogen-bond acceptors (Lipinski definition) is 4. The number of rotatable bonds is 5. The molecule has 0 saturated carbocycles. The van der Waals surface area contributed by atoms with Crippen molar-refractivity contribution in [2.75, 3.05) is 24.6 Å². The van der Waals surface area contributed by atoms with Crippen LogP contribution >= 0.6 is 0 Å². The normalized spacial score (nSPS) is 21.6. The fourth-order valence-corrected chi connectivity index (χ4v) is 2.94. The fraction of sp³-hybridized carbons (Fsp3) is 0.688. The second-order valence-corrected chi connectivity index (χ2v) is 5.60. The molecule has 4 heteroatoms. The second kappa shape index (κ2) is 7.60. The van der Waals surface area contributed by atoms with Gasteiger partial charge >= 0.3 is 0 Å². The zero-order chi connectivity index (χ0) is 14.4. The highest BCUT2D eigenvalue weighted by Crippen LogP contribution is 2.24. The quantitative estimate of drug-likeness (QED) is 0.868. The summed E-state index contributed by atoms with van der Waals surface area (Å²) in [5, 5.41) is 13.0. The van der Waals surface area contributed by atoms with Gasteiger partial charge in [0.05, 0.1) is 30.2 Å². The van der Waals surface area contributed by atoms with Gasteiger partial charge in [0.1, 0.15) is 0 Å². The van der Waals surface area contributed by atoms with Crippen LogP contribution in [-0.4, -0.2) is 35.8 Å². The standard InChI is InChI=1S/C16H27N3O/c1-3-17-13(2)16-9-8-14(11-18-16)19-10-6-4-5-7-15(19)12-20/h8-9,11,13,15,17,20H,3-7,10,12H2,1-2H3. The molecule has 0 aromatic carbocycles. The Morgan fingerprint density at radius 1 is 1.40 bits per heavy atom. The first-order valence-electron chi connectivity index (χ1n) is 7.83. The smallest absolute Gasteiger partial charge is 0.0635 e. The van der Waals surface area contributed by atoms with Gasteiger partial charge in [-0.3, -0.25) is 4.98 Å². The third-order valence-corrected chi connectivity index (χ3v) is 4.14. The number of nitrogens with zero attached hydrogens (tertiary/aromatic N) is 2. The summed E-state index contributed by atoms with van der Waals surface area (Å²) in [5.74, 6) is 0. The summed E-state index contributed by atoms with van der Waals surface area (Å²) >= 11 is 0. The van der Waals surface area contributed by atoms with Gasteiger partial charge in [0.2, 0.25) is 0 Å². The van der Waals surface area contributed by atoms with E-state index in [1.54, 1.807) is 0 Å². The SMILES string of the molecule is CCNC(C)c1ccc(N2CCCCCC2CO)cn1. The first-order valence-corrected chi connectivity index (χ1v) is 7.83. The molecule has 1 aliphatic rings. The minimum atomic E-state index is 0.232. The van der Waals surface area contributed by atoms with Crippen LogP contribution < -0.4 is 10.2 Å². The van der Waals surface area contributed by atoms with E-state index in [1.165, 1.54) is 19.3 Å². The summed E-state index contributed by atoms with van der Waals surface area (Å²) in [6, 6.07) is 4.77. The Morgan fingerprint density at radius 3 is 2.90 bits per heavy atom. The highest BCUT2D eigenvalue weighted by atomic mass is 16.3. The summed E-state index contributed by atoms with van der Waals surface area (Å²) in [5.41, 5.74) is 2.21. The molecule has 2 atom stereocenters. The lowest BCUT2D eigenvalue weighted by atomic mass is 10.1. The number of anilines is 1. The molecule has 2 rings (SSSR count). The lowest BCUT2D eigenvalue weighted by Gasteiger charge is -2.30. The molecule has 20 heavy (non-hydrogen) atoms. The predicted molar refractivity (Wildman–Crippen MR) is 83.0 cm³/mol. The molecule has 0 aliphatic carbocycles. The maximum atomic E-state index is 9.59. The minimum absolute atomic E-state index is 0.232. The van der Waals surface area contributed by atoms with Gasteiger partial charge in [-0.15, -0.1) is 0 Å². The van der Waals surface area contributed by atoms with Gasteiger partial charge in [0.15, 0.2) is 0 Å². The Kier molecular flexibility index (Phi) is 5.80. The zero-order valence-electron chi connectivity index (χ0n) is 12.7. The molecule has 0 bridgehead atoms. The van der Waals surface area contributed by atoms with Crippen molar-refractivity contribution in [2.45, 2.75) is 51.6 Å². The molecule has 0 radical (unpaired) electrons. The molecule has 112 valence electrons. The van der Waals surface area contributed by atoms with Crippen molar-refractivity contribution in [1.29, 1.82) is 0 Å². The average molecular weight is 277 g/mol. The molecule has 1 aromatic rings. The van der Waals surface area contributed by atoms with Crippen LogP contribution in [0.5, 0.6) is 0 Å². The first kappa shape index (κ1) is 15.3. The van der Waals surface area contributed by atoms with Crippen LogP contribution in [0.4, 0.5) is 5.69 Å². The van der Waals surface area contributed by atoms with E-state index in [4.69, 9.17) is 0 Å². The second-order valence-electron chi connectivity index (χ2n) is 5.60. The van der Waals surface area contributed by atoms with Crippen LogP contribution in [0.2, 0.25) is 0 Å². The number of pyridine rings is 1. The van der Waals surface area contributed by atoms with Crippen molar-refractivity contribution in [3.63, 3.8) is 0 Å². The van der Waals surface area contributed by atoms with Gasteiger partial charge in [0, 0.05) is 12.6 Å². The van der Waals surface area contributed by atoms with Crippen molar-refractivity contribution >= 4 is 5.69 Å². The first-order chi connectivity index (χ1) is 9.76. The highest BCUT2D eigenvalue weighted by molar-refractivity contribution is 5.46. The van der Waals surface area contributed by atoms with Gasteiger partial charge in [-0.05, 0) is 38.4 Å². The van der Waals surface area contributed by atoms with Crippen LogP contribution in [0, 0.1) is 0 Å². The molecule has 1 aromatic heterocycles. The van der Waals surface area contributed by atoms with E-state index in [2.05, 4.69) is 41.2 Å². The van der Waals surface area contributed by atoms with Crippen LogP contribution in [-0.2, 0) is 0 Å². The average Bonchev–Trinajstić information content (AvgIpc) is 2.72. The molecular formula is C16H27N3O. The van der Waals surface area contributed by atoms with Crippen molar-refractivity contribution in [3.8, 4) is 0 Å². The Bertz CT molecular complexity index is 393. The molecule has 0 spiro atoms. The number of aromatic nitrogens is 1. The summed E-state index contributed by atoms with van der Waals surface area (Å²) < 4.78 is 0. The molecule has 0 amide bonds. The van der Waals surface area contributed by atoms with Crippen molar-refractivity contribution in [3.05, 3.63) is 24.0 Å². The molecule has 1 aliphatic heterocycles. The van der Waals surface area contributed by atoms with Crippen LogP contribution in [0.25, 0.3) is 0 Å². The summed E-state index contributed by atoms with van der Waals surface area (Å²) in [6.45, 7) is 6.44. The molecule has 4 nitrogen and oxygen atoms in total. The Hall–Kier alpha value is -1.13. The third kappa shape index (κ3) is 3.70. The zero-order valence-corrected chi connectivity index (χ0v) is 12.7. The van der Waals surface area contributed by atoms with Crippen molar-refractivity contribution in [2.24, 2.45) is 0 Å². The van der Waals surface area contributed by atoms with E-state index < -0.39 is 0 Å². The van der Waals surface area contributed by atoms with E-state index in [0.717, 1.165) is 30.9 Å².